The van der Waals surface area contributed by atoms with Crippen molar-refractivity contribution in [2.75, 3.05) is 20.7 Å². The highest BCUT2D eigenvalue weighted by molar-refractivity contribution is 7.89. The van der Waals surface area contributed by atoms with Crippen LogP contribution in [0.25, 0.3) is 0 Å². The molecule has 2 rings (SSSR count). The Kier molecular flexibility index (Phi) is 6.87. The third-order valence-electron chi connectivity index (χ3n) is 3.94. The van der Waals surface area contributed by atoms with E-state index in [2.05, 4.69) is 5.32 Å². The van der Waals surface area contributed by atoms with Crippen molar-refractivity contribution >= 4 is 21.9 Å². The minimum Gasteiger partial charge on any atom is -0.452 e. The molecule has 1 amide bonds. The maximum atomic E-state index is 12.9. The zero-order valence-electron chi connectivity index (χ0n) is 15.7. The fourth-order valence-electron chi connectivity index (χ4n) is 2.26. The Morgan fingerprint density at radius 3 is 2.36 bits per heavy atom. The molecule has 0 radical (unpaired) electrons. The molecule has 0 aliphatic carbocycles. The third kappa shape index (κ3) is 5.37. The van der Waals surface area contributed by atoms with Crippen LogP contribution in [0.5, 0.6) is 0 Å². The van der Waals surface area contributed by atoms with E-state index in [-0.39, 0.29) is 22.8 Å². The van der Waals surface area contributed by atoms with Crippen LogP contribution in [0.4, 0.5) is 4.39 Å². The van der Waals surface area contributed by atoms with Crippen molar-refractivity contribution in [3.8, 4) is 0 Å². The Bertz CT molecular complexity index is 972. The number of esters is 1. The molecule has 2 aromatic carbocycles. The number of amides is 1. The molecule has 0 unspecified atom stereocenters. The van der Waals surface area contributed by atoms with Gasteiger partial charge in [0.05, 0.1) is 10.5 Å². The van der Waals surface area contributed by atoms with Crippen LogP contribution in [-0.4, -0.2) is 45.3 Å². The van der Waals surface area contributed by atoms with E-state index in [1.807, 2.05) is 0 Å². The van der Waals surface area contributed by atoms with E-state index in [1.165, 1.54) is 56.6 Å². The standard InChI is InChI=1S/C19H21FN2O5S/c1-13-4-9-16(28(25,26)22(2)3)10-17(13)19(24)27-12-18(23)21-11-14-5-7-15(20)8-6-14/h4-10H,11-12H2,1-3H3,(H,21,23). The number of benzene rings is 2. The summed E-state index contributed by atoms with van der Waals surface area (Å²) in [6.45, 7) is 1.27. The van der Waals surface area contributed by atoms with Crippen molar-refractivity contribution in [3.05, 3.63) is 65.0 Å². The van der Waals surface area contributed by atoms with Crippen LogP contribution < -0.4 is 5.32 Å². The van der Waals surface area contributed by atoms with Gasteiger partial charge in [0.15, 0.2) is 6.61 Å². The van der Waals surface area contributed by atoms with E-state index in [9.17, 15) is 22.4 Å². The zero-order chi connectivity index (χ0) is 20.9. The van der Waals surface area contributed by atoms with Gasteiger partial charge in [-0.3, -0.25) is 4.79 Å². The fourth-order valence-corrected chi connectivity index (χ4v) is 3.18. The van der Waals surface area contributed by atoms with Crippen molar-refractivity contribution in [2.24, 2.45) is 0 Å². The van der Waals surface area contributed by atoms with Crippen molar-refractivity contribution < 1.29 is 27.1 Å². The quantitative estimate of drug-likeness (QED) is 0.706. The fraction of sp³-hybridized carbons (Fsp3) is 0.263. The number of sulfonamides is 1. The summed E-state index contributed by atoms with van der Waals surface area (Å²) in [4.78, 5) is 24.1. The van der Waals surface area contributed by atoms with Gasteiger partial charge in [-0.25, -0.2) is 21.9 Å². The van der Waals surface area contributed by atoms with Gasteiger partial charge in [0.2, 0.25) is 10.0 Å². The molecule has 0 saturated carbocycles. The molecule has 0 saturated heterocycles. The van der Waals surface area contributed by atoms with Crippen LogP contribution in [0, 0.1) is 12.7 Å². The molecule has 0 aliphatic rings. The first-order valence-corrected chi connectivity index (χ1v) is 9.76. The molecule has 1 N–H and O–H groups in total. The average Bonchev–Trinajstić information content (AvgIpc) is 2.65. The lowest BCUT2D eigenvalue weighted by atomic mass is 10.1. The lowest BCUT2D eigenvalue weighted by Crippen LogP contribution is -2.28. The maximum absolute atomic E-state index is 12.9. The van der Waals surface area contributed by atoms with Gasteiger partial charge < -0.3 is 10.1 Å². The van der Waals surface area contributed by atoms with Crippen LogP contribution >= 0.6 is 0 Å². The lowest BCUT2D eigenvalue weighted by molar-refractivity contribution is -0.124. The molecule has 150 valence electrons. The summed E-state index contributed by atoms with van der Waals surface area (Å²) in [6.07, 6.45) is 0. The van der Waals surface area contributed by atoms with Crippen LogP contribution in [0.15, 0.2) is 47.4 Å². The van der Waals surface area contributed by atoms with Gasteiger partial charge in [0.1, 0.15) is 5.82 Å². The van der Waals surface area contributed by atoms with Gasteiger partial charge in [0.25, 0.3) is 5.91 Å². The molecule has 0 heterocycles. The van der Waals surface area contributed by atoms with Crippen LogP contribution in [0.3, 0.4) is 0 Å². The molecule has 0 spiro atoms. The minimum absolute atomic E-state index is 0.0455. The minimum atomic E-state index is -3.70. The molecule has 0 aromatic heterocycles. The second kappa shape index (κ2) is 8.94. The monoisotopic (exact) mass is 408 g/mol. The molecule has 7 nitrogen and oxygen atoms in total. The number of hydrogen-bond donors (Lipinski definition) is 1. The first-order chi connectivity index (χ1) is 13.1. The summed E-state index contributed by atoms with van der Waals surface area (Å²) in [6, 6.07) is 9.74. The molecule has 0 atom stereocenters. The molecular weight excluding hydrogens is 387 g/mol. The summed E-state index contributed by atoms with van der Waals surface area (Å²) in [5.74, 6) is -1.71. The molecule has 28 heavy (non-hydrogen) atoms. The normalized spacial score (nSPS) is 11.3. The van der Waals surface area contributed by atoms with E-state index in [4.69, 9.17) is 4.74 Å². The number of rotatable bonds is 7. The summed E-state index contributed by atoms with van der Waals surface area (Å²) in [5.41, 5.74) is 1.28. The topological polar surface area (TPSA) is 92.8 Å². The smallest absolute Gasteiger partial charge is 0.338 e. The van der Waals surface area contributed by atoms with Crippen LogP contribution in [-0.2, 0) is 26.1 Å². The average molecular weight is 408 g/mol. The first kappa shape index (κ1) is 21.5. The maximum Gasteiger partial charge on any atom is 0.338 e. The predicted molar refractivity (Wildman–Crippen MR) is 101 cm³/mol. The van der Waals surface area contributed by atoms with Crippen molar-refractivity contribution in [3.63, 3.8) is 0 Å². The van der Waals surface area contributed by atoms with Gasteiger partial charge in [-0.2, -0.15) is 0 Å². The highest BCUT2D eigenvalue weighted by Gasteiger charge is 2.21. The number of nitrogens with one attached hydrogen (secondary N) is 1. The Balaban J connectivity index is 1.98. The Hall–Kier alpha value is -2.78. The molecular formula is C19H21FN2O5S. The second-order valence-electron chi connectivity index (χ2n) is 6.24. The van der Waals surface area contributed by atoms with E-state index >= 15 is 0 Å². The highest BCUT2D eigenvalue weighted by atomic mass is 32.2. The van der Waals surface area contributed by atoms with Gasteiger partial charge in [-0.1, -0.05) is 18.2 Å². The number of halogens is 1. The largest absolute Gasteiger partial charge is 0.452 e. The van der Waals surface area contributed by atoms with Gasteiger partial charge >= 0.3 is 5.97 Å². The van der Waals surface area contributed by atoms with Crippen molar-refractivity contribution in [1.82, 2.24) is 9.62 Å². The molecule has 0 aliphatic heterocycles. The van der Waals surface area contributed by atoms with Gasteiger partial charge in [0, 0.05) is 20.6 Å². The SMILES string of the molecule is Cc1ccc(S(=O)(=O)N(C)C)cc1C(=O)OCC(=O)NCc1ccc(F)cc1. The van der Waals surface area contributed by atoms with Gasteiger partial charge in [-0.15, -0.1) is 0 Å². The van der Waals surface area contributed by atoms with Crippen molar-refractivity contribution in [2.45, 2.75) is 18.4 Å². The summed E-state index contributed by atoms with van der Waals surface area (Å²) in [7, 11) is -0.929. The molecule has 0 bridgehead atoms. The third-order valence-corrected chi connectivity index (χ3v) is 5.76. The Morgan fingerprint density at radius 2 is 1.75 bits per heavy atom. The van der Waals surface area contributed by atoms with E-state index < -0.39 is 28.5 Å². The summed E-state index contributed by atoms with van der Waals surface area (Å²) in [5, 5.41) is 2.55. The van der Waals surface area contributed by atoms with E-state index in [0.29, 0.717) is 11.1 Å². The summed E-state index contributed by atoms with van der Waals surface area (Å²) < 4.78 is 43.3. The Morgan fingerprint density at radius 1 is 1.11 bits per heavy atom. The number of carbonyl (C=O) groups excluding carboxylic acids is 2. The van der Waals surface area contributed by atoms with Gasteiger partial charge in [-0.05, 0) is 42.3 Å². The molecule has 0 fully saturated rings. The second-order valence-corrected chi connectivity index (χ2v) is 8.40. The predicted octanol–water partition coefficient (Wildman–Crippen LogP) is 1.86. The summed E-state index contributed by atoms with van der Waals surface area (Å²) >= 11 is 0. The number of aryl methyl sites for hydroxylation is 1. The van der Waals surface area contributed by atoms with Crippen LogP contribution in [0.1, 0.15) is 21.5 Å². The van der Waals surface area contributed by atoms with E-state index in [0.717, 1.165) is 4.31 Å². The highest BCUT2D eigenvalue weighted by Crippen LogP contribution is 2.18. The first-order valence-electron chi connectivity index (χ1n) is 8.32. The molecule has 9 heteroatoms. The number of carbonyl (C=O) groups is 2. The lowest BCUT2D eigenvalue weighted by Gasteiger charge is -2.13. The van der Waals surface area contributed by atoms with Crippen LogP contribution in [0.2, 0.25) is 0 Å². The Labute approximate surface area is 163 Å². The van der Waals surface area contributed by atoms with E-state index in [1.54, 1.807) is 6.92 Å². The molecule has 2 aromatic rings. The van der Waals surface area contributed by atoms with Crippen molar-refractivity contribution in [1.29, 1.82) is 0 Å². The number of hydrogen-bond acceptors (Lipinski definition) is 5. The zero-order valence-corrected chi connectivity index (χ0v) is 16.5. The number of ether oxygens (including phenoxy) is 1. The number of nitrogens with zero attached hydrogens (tertiary/aromatic N) is 1.